The summed E-state index contributed by atoms with van der Waals surface area (Å²) in [5.74, 6) is 0.610. The van der Waals surface area contributed by atoms with Crippen LogP contribution in [0.15, 0.2) is 23.4 Å². The van der Waals surface area contributed by atoms with Gasteiger partial charge in [-0.15, -0.1) is 10.2 Å². The second-order valence-corrected chi connectivity index (χ2v) is 8.64. The number of nitrogens with zero attached hydrogens (tertiary/aromatic N) is 4. The molecule has 1 saturated heterocycles. The number of amides is 1. The molecule has 5 nitrogen and oxygen atoms in total. The van der Waals surface area contributed by atoms with Crippen LogP contribution in [0.5, 0.6) is 0 Å². The van der Waals surface area contributed by atoms with Gasteiger partial charge in [-0.2, -0.15) is 0 Å². The monoisotopic (exact) mass is 382 g/mol. The minimum Gasteiger partial charge on any atom is -0.339 e. The van der Waals surface area contributed by atoms with E-state index >= 15 is 0 Å². The Labute approximate surface area is 164 Å². The van der Waals surface area contributed by atoms with Crippen molar-refractivity contribution in [2.24, 2.45) is 0 Å². The number of thioether (sulfide) groups is 1. The molecule has 0 unspecified atom stereocenters. The van der Waals surface area contributed by atoms with Gasteiger partial charge in [-0.1, -0.05) is 23.4 Å². The van der Waals surface area contributed by atoms with Gasteiger partial charge in [0.2, 0.25) is 5.91 Å². The Kier molecular flexibility index (Phi) is 4.84. The van der Waals surface area contributed by atoms with Crippen molar-refractivity contribution in [2.45, 2.75) is 58.2 Å². The fourth-order valence-electron chi connectivity index (χ4n) is 4.19. The highest BCUT2D eigenvalue weighted by Crippen LogP contribution is 2.29. The minimum absolute atomic E-state index is 0.202. The maximum absolute atomic E-state index is 12.7. The fraction of sp³-hybridized carbons (Fsp3) is 0.476. The maximum Gasteiger partial charge on any atom is 0.233 e. The van der Waals surface area contributed by atoms with Gasteiger partial charge < -0.3 is 4.90 Å². The highest BCUT2D eigenvalue weighted by molar-refractivity contribution is 7.99. The Bertz CT molecular complexity index is 1030. The van der Waals surface area contributed by atoms with Gasteiger partial charge in [0.25, 0.3) is 0 Å². The van der Waals surface area contributed by atoms with Gasteiger partial charge in [0.15, 0.2) is 10.8 Å². The van der Waals surface area contributed by atoms with E-state index in [2.05, 4.69) is 60.5 Å². The third-order valence-corrected chi connectivity index (χ3v) is 6.46. The molecule has 0 N–H and O–H groups in total. The SMILES string of the molecule is Cc1cc(C)c2c(c1)c(C)cc1nnc(SCC(=O)N3CCCC[C@H]3C)n12. The average Bonchev–Trinajstić information content (AvgIpc) is 3.02. The highest BCUT2D eigenvalue weighted by Gasteiger charge is 2.24. The normalized spacial score (nSPS) is 17.8. The number of fused-ring (bicyclic) bond motifs is 3. The lowest BCUT2D eigenvalue weighted by Crippen LogP contribution is -2.42. The first kappa shape index (κ1) is 18.3. The molecule has 1 fully saturated rings. The zero-order valence-electron chi connectivity index (χ0n) is 16.5. The summed E-state index contributed by atoms with van der Waals surface area (Å²) < 4.78 is 2.11. The molecule has 142 valence electrons. The van der Waals surface area contributed by atoms with Crippen molar-refractivity contribution in [3.8, 4) is 0 Å². The zero-order valence-corrected chi connectivity index (χ0v) is 17.3. The summed E-state index contributed by atoms with van der Waals surface area (Å²) in [6.45, 7) is 9.39. The van der Waals surface area contributed by atoms with Gasteiger partial charge in [-0.3, -0.25) is 9.20 Å². The zero-order chi connectivity index (χ0) is 19.1. The second kappa shape index (κ2) is 7.15. The molecule has 1 aliphatic heterocycles. The molecule has 0 saturated carbocycles. The Balaban J connectivity index is 1.68. The summed E-state index contributed by atoms with van der Waals surface area (Å²) in [4.78, 5) is 14.7. The Hall–Kier alpha value is -2.08. The number of piperidine rings is 1. The van der Waals surface area contributed by atoms with Crippen LogP contribution >= 0.6 is 11.8 Å². The largest absolute Gasteiger partial charge is 0.339 e. The Morgan fingerprint density at radius 1 is 1.15 bits per heavy atom. The third kappa shape index (κ3) is 3.31. The Morgan fingerprint density at radius 3 is 2.74 bits per heavy atom. The summed E-state index contributed by atoms with van der Waals surface area (Å²) in [6, 6.07) is 6.82. The average molecular weight is 383 g/mol. The van der Waals surface area contributed by atoms with E-state index in [0.29, 0.717) is 11.8 Å². The van der Waals surface area contributed by atoms with E-state index < -0.39 is 0 Å². The predicted molar refractivity (Wildman–Crippen MR) is 110 cm³/mol. The van der Waals surface area contributed by atoms with E-state index in [0.717, 1.165) is 35.7 Å². The lowest BCUT2D eigenvalue weighted by atomic mass is 10.0. The van der Waals surface area contributed by atoms with Crippen molar-refractivity contribution in [1.29, 1.82) is 0 Å². The number of aryl methyl sites for hydroxylation is 3. The molecular weight excluding hydrogens is 356 g/mol. The number of pyridine rings is 1. The van der Waals surface area contributed by atoms with E-state index in [1.165, 1.54) is 40.3 Å². The molecule has 0 spiro atoms. The molecule has 1 atom stereocenters. The quantitative estimate of drug-likeness (QED) is 0.634. The molecule has 27 heavy (non-hydrogen) atoms. The van der Waals surface area contributed by atoms with Gasteiger partial charge in [-0.25, -0.2) is 0 Å². The van der Waals surface area contributed by atoms with Crippen molar-refractivity contribution >= 4 is 34.2 Å². The van der Waals surface area contributed by atoms with Gasteiger partial charge in [0.1, 0.15) is 0 Å². The van der Waals surface area contributed by atoms with E-state index in [4.69, 9.17) is 0 Å². The number of carbonyl (C=O) groups is 1. The first-order chi connectivity index (χ1) is 13.0. The van der Waals surface area contributed by atoms with Crippen LogP contribution in [-0.4, -0.2) is 43.7 Å². The summed E-state index contributed by atoms with van der Waals surface area (Å²) in [5, 5.41) is 10.8. The van der Waals surface area contributed by atoms with Crippen LogP contribution in [0.3, 0.4) is 0 Å². The number of hydrogen-bond donors (Lipinski definition) is 0. The van der Waals surface area contributed by atoms with Gasteiger partial charge >= 0.3 is 0 Å². The number of hydrogen-bond acceptors (Lipinski definition) is 4. The number of rotatable bonds is 3. The Morgan fingerprint density at radius 2 is 1.96 bits per heavy atom. The van der Waals surface area contributed by atoms with Gasteiger partial charge in [0.05, 0.1) is 11.3 Å². The van der Waals surface area contributed by atoms with Crippen LogP contribution in [0, 0.1) is 20.8 Å². The van der Waals surface area contributed by atoms with Crippen LogP contribution in [-0.2, 0) is 4.79 Å². The van der Waals surface area contributed by atoms with E-state index in [9.17, 15) is 4.79 Å². The minimum atomic E-state index is 0.202. The van der Waals surface area contributed by atoms with Gasteiger partial charge in [-0.05, 0) is 70.2 Å². The summed E-state index contributed by atoms with van der Waals surface area (Å²) >= 11 is 1.49. The molecule has 1 aromatic carbocycles. The predicted octanol–water partition coefficient (Wildman–Crippen LogP) is 4.30. The van der Waals surface area contributed by atoms with Crippen LogP contribution in [0.25, 0.3) is 16.6 Å². The second-order valence-electron chi connectivity index (χ2n) is 7.70. The van der Waals surface area contributed by atoms with Crippen molar-refractivity contribution in [3.05, 3.63) is 34.9 Å². The molecular formula is C21H26N4OS. The van der Waals surface area contributed by atoms with E-state index in [1.807, 2.05) is 4.90 Å². The maximum atomic E-state index is 12.7. The van der Waals surface area contributed by atoms with Crippen molar-refractivity contribution in [1.82, 2.24) is 19.5 Å². The summed E-state index contributed by atoms with van der Waals surface area (Å²) in [5.41, 5.74) is 5.64. The molecule has 0 radical (unpaired) electrons. The smallest absolute Gasteiger partial charge is 0.233 e. The third-order valence-electron chi connectivity index (χ3n) is 5.55. The molecule has 3 aromatic rings. The van der Waals surface area contributed by atoms with Crippen LogP contribution < -0.4 is 0 Å². The van der Waals surface area contributed by atoms with Crippen LogP contribution in [0.2, 0.25) is 0 Å². The highest BCUT2D eigenvalue weighted by atomic mass is 32.2. The summed E-state index contributed by atoms with van der Waals surface area (Å²) in [6.07, 6.45) is 3.43. The van der Waals surface area contributed by atoms with Crippen LogP contribution in [0.1, 0.15) is 42.9 Å². The van der Waals surface area contributed by atoms with E-state index in [1.54, 1.807) is 0 Å². The summed E-state index contributed by atoms with van der Waals surface area (Å²) in [7, 11) is 0. The molecule has 6 heteroatoms. The fourth-order valence-corrected chi connectivity index (χ4v) is 5.02. The molecule has 3 heterocycles. The van der Waals surface area contributed by atoms with Crippen molar-refractivity contribution in [2.75, 3.05) is 12.3 Å². The molecule has 2 aromatic heterocycles. The van der Waals surface area contributed by atoms with Crippen molar-refractivity contribution < 1.29 is 4.79 Å². The topological polar surface area (TPSA) is 50.5 Å². The van der Waals surface area contributed by atoms with E-state index in [-0.39, 0.29) is 5.91 Å². The lowest BCUT2D eigenvalue weighted by Gasteiger charge is -2.33. The first-order valence-electron chi connectivity index (χ1n) is 9.63. The standard InChI is InChI=1S/C21H26N4OS/c1-13-9-15(3)20-17(10-13)14(2)11-18-22-23-21(25(18)20)27-12-19(26)24-8-6-5-7-16(24)4/h9-11,16H,5-8,12H2,1-4H3/t16-/m1/s1. The number of benzene rings is 1. The molecule has 1 amide bonds. The molecule has 1 aliphatic rings. The number of carbonyl (C=O) groups excluding carboxylic acids is 1. The lowest BCUT2D eigenvalue weighted by molar-refractivity contribution is -0.131. The van der Waals surface area contributed by atoms with Gasteiger partial charge in [0, 0.05) is 18.0 Å². The molecule has 0 aliphatic carbocycles. The molecule has 0 bridgehead atoms. The first-order valence-corrected chi connectivity index (χ1v) is 10.6. The molecule has 4 rings (SSSR count). The number of likely N-dealkylation sites (tertiary alicyclic amines) is 1. The van der Waals surface area contributed by atoms with Crippen molar-refractivity contribution in [3.63, 3.8) is 0 Å². The van der Waals surface area contributed by atoms with Crippen LogP contribution in [0.4, 0.5) is 0 Å². The number of aromatic nitrogens is 3.